The fourth-order valence-corrected chi connectivity index (χ4v) is 4.61. The van der Waals surface area contributed by atoms with Gasteiger partial charge in [0.25, 0.3) is 0 Å². The fraction of sp³-hybridized carbons (Fsp3) is 0. The first-order chi connectivity index (χ1) is 20.3. The Hall–Kier alpha value is -5.47. The summed E-state index contributed by atoms with van der Waals surface area (Å²) in [6.45, 7) is 0. The summed E-state index contributed by atoms with van der Waals surface area (Å²) < 4.78 is 12.6. The minimum atomic E-state index is 0.831. The van der Waals surface area contributed by atoms with Gasteiger partial charge in [-0.05, 0) is 47.6 Å². The Morgan fingerprint density at radius 2 is 0.902 bits per heavy atom. The number of hydrogen-bond acceptors (Lipinski definition) is 1. The molecule has 0 fully saturated rings. The highest BCUT2D eigenvalue weighted by molar-refractivity contribution is 5.77. The highest BCUT2D eigenvalue weighted by Crippen LogP contribution is 2.32. The van der Waals surface area contributed by atoms with Gasteiger partial charge >= 0.3 is 11.5 Å². The average Bonchev–Trinajstić information content (AvgIpc) is 3.06. The molecule has 2 nitrogen and oxygen atoms in total. The van der Waals surface area contributed by atoms with E-state index < -0.39 is 0 Å². The average molecular weight is 530 g/mol. The van der Waals surface area contributed by atoms with Gasteiger partial charge in [-0.1, -0.05) is 127 Å². The predicted molar refractivity (Wildman–Crippen MR) is 170 cm³/mol. The second-order valence-electron chi connectivity index (χ2n) is 9.61. The van der Waals surface area contributed by atoms with Crippen molar-refractivity contribution in [2.24, 2.45) is 0 Å². The van der Waals surface area contributed by atoms with Gasteiger partial charge in [-0.25, -0.2) is 4.42 Å². The third-order valence-corrected chi connectivity index (χ3v) is 6.66. The van der Waals surface area contributed by atoms with Crippen molar-refractivity contribution < 1.29 is 9.15 Å². The van der Waals surface area contributed by atoms with Crippen LogP contribution in [0, 0.1) is 0 Å². The lowest BCUT2D eigenvalue weighted by atomic mass is 10.0. The highest BCUT2D eigenvalue weighted by Gasteiger charge is 2.19. The molecule has 0 spiro atoms. The normalized spacial score (nSPS) is 13.1. The number of allylic oxidation sites excluding steroid dienone is 7. The number of benzene rings is 4. The van der Waals surface area contributed by atoms with Gasteiger partial charge in [0.15, 0.2) is 0 Å². The molecule has 0 N–H and O–H groups in total. The van der Waals surface area contributed by atoms with E-state index in [4.69, 9.17) is 9.15 Å². The first-order valence-corrected chi connectivity index (χ1v) is 13.7. The molecule has 0 amide bonds. The van der Waals surface area contributed by atoms with Crippen molar-refractivity contribution in [2.45, 2.75) is 0 Å². The van der Waals surface area contributed by atoms with Gasteiger partial charge in [0.05, 0.1) is 23.3 Å². The lowest BCUT2D eigenvalue weighted by molar-refractivity contribution is 0.467. The van der Waals surface area contributed by atoms with Gasteiger partial charge in [0.2, 0.25) is 0 Å². The Balaban J connectivity index is 1.28. The van der Waals surface area contributed by atoms with Crippen molar-refractivity contribution in [3.63, 3.8) is 0 Å². The van der Waals surface area contributed by atoms with Crippen molar-refractivity contribution in [3.8, 4) is 22.6 Å². The number of hydrogen-bond donors (Lipinski definition) is 0. The van der Waals surface area contributed by atoms with Crippen LogP contribution in [-0.2, 0) is 4.74 Å². The fourth-order valence-electron chi connectivity index (χ4n) is 4.61. The monoisotopic (exact) mass is 529 g/mol. The Morgan fingerprint density at radius 1 is 0.463 bits per heavy atom. The first-order valence-electron chi connectivity index (χ1n) is 13.7. The molecule has 2 heteroatoms. The Bertz CT molecular complexity index is 1640. The second-order valence-corrected chi connectivity index (χ2v) is 9.61. The van der Waals surface area contributed by atoms with Crippen LogP contribution < -0.4 is 0 Å². The second kappa shape index (κ2) is 12.6. The summed E-state index contributed by atoms with van der Waals surface area (Å²) in [5, 5.41) is 0. The van der Waals surface area contributed by atoms with Crippen molar-refractivity contribution >= 4 is 17.6 Å². The third kappa shape index (κ3) is 6.58. The largest absolute Gasteiger partial charge is 0.456 e. The molecule has 1 aliphatic rings. The van der Waals surface area contributed by atoms with Crippen LogP contribution in [0.15, 0.2) is 180 Å². The van der Waals surface area contributed by atoms with Gasteiger partial charge in [-0.2, -0.15) is 0 Å². The van der Waals surface area contributed by atoms with Crippen LogP contribution in [0.4, 0.5) is 0 Å². The summed E-state index contributed by atoms with van der Waals surface area (Å²) in [7, 11) is 0. The lowest BCUT2D eigenvalue weighted by Gasteiger charge is -2.18. The van der Waals surface area contributed by atoms with E-state index in [0.29, 0.717) is 0 Å². The van der Waals surface area contributed by atoms with Crippen molar-refractivity contribution in [3.05, 3.63) is 192 Å². The van der Waals surface area contributed by atoms with Crippen LogP contribution >= 0.6 is 0 Å². The molecular weight excluding hydrogens is 500 g/mol. The van der Waals surface area contributed by atoms with E-state index in [1.807, 2.05) is 78.9 Å². The lowest BCUT2D eigenvalue weighted by Crippen LogP contribution is -1.99. The molecule has 0 saturated heterocycles. The smallest absolute Gasteiger partial charge is 0.361 e. The van der Waals surface area contributed by atoms with Crippen LogP contribution in [0.25, 0.3) is 40.2 Å². The van der Waals surface area contributed by atoms with Gasteiger partial charge in [-0.15, -0.1) is 0 Å². The third-order valence-electron chi connectivity index (χ3n) is 6.66. The van der Waals surface area contributed by atoms with E-state index in [2.05, 4.69) is 97.1 Å². The van der Waals surface area contributed by atoms with E-state index in [0.717, 1.165) is 56.4 Å². The Kier molecular flexibility index (Phi) is 7.92. The molecular formula is C39H29O2+. The molecule has 0 atom stereocenters. The van der Waals surface area contributed by atoms with Gasteiger partial charge in [-0.3, -0.25) is 0 Å². The summed E-state index contributed by atoms with van der Waals surface area (Å²) in [4.78, 5) is 0. The molecule has 0 saturated carbocycles. The van der Waals surface area contributed by atoms with E-state index >= 15 is 0 Å². The topological polar surface area (TPSA) is 20.5 Å². The molecule has 0 radical (unpaired) electrons. The molecule has 0 aliphatic carbocycles. The molecule has 1 aliphatic heterocycles. The highest BCUT2D eigenvalue weighted by atomic mass is 16.5. The zero-order chi connectivity index (χ0) is 27.7. The van der Waals surface area contributed by atoms with E-state index in [1.54, 1.807) is 0 Å². The number of ether oxygens (including phenoxy) is 1. The quantitative estimate of drug-likeness (QED) is 0.154. The Labute approximate surface area is 241 Å². The van der Waals surface area contributed by atoms with Crippen LogP contribution in [-0.4, -0.2) is 0 Å². The molecule has 5 aromatic rings. The van der Waals surface area contributed by atoms with E-state index in [1.165, 1.54) is 0 Å². The SMILES string of the molecule is C(/C=C/C=C/c1cc(-c2ccccc2)[o+]c(-c2ccccc2)c1)=C1C=C(c2ccccc2)OC(c2ccccc2)=C1. The van der Waals surface area contributed by atoms with Crippen molar-refractivity contribution in [1.29, 1.82) is 0 Å². The van der Waals surface area contributed by atoms with E-state index in [-0.39, 0.29) is 0 Å². The van der Waals surface area contributed by atoms with Gasteiger partial charge in [0.1, 0.15) is 11.5 Å². The molecule has 0 unspecified atom stereocenters. The zero-order valence-corrected chi connectivity index (χ0v) is 22.6. The summed E-state index contributed by atoms with van der Waals surface area (Å²) >= 11 is 0. The Morgan fingerprint density at radius 3 is 1.37 bits per heavy atom. The van der Waals surface area contributed by atoms with Gasteiger partial charge < -0.3 is 4.74 Å². The summed E-state index contributed by atoms with van der Waals surface area (Å²) in [5.74, 6) is 3.32. The maximum absolute atomic E-state index is 6.30. The molecule has 41 heavy (non-hydrogen) atoms. The minimum Gasteiger partial charge on any atom is -0.456 e. The summed E-state index contributed by atoms with van der Waals surface area (Å²) in [6.07, 6.45) is 14.5. The molecule has 196 valence electrons. The minimum absolute atomic E-state index is 0.831. The molecule has 4 aromatic carbocycles. The maximum Gasteiger partial charge on any atom is 0.361 e. The van der Waals surface area contributed by atoms with Crippen LogP contribution in [0.1, 0.15) is 16.7 Å². The number of rotatable bonds is 7. The van der Waals surface area contributed by atoms with E-state index in [9.17, 15) is 0 Å². The standard InChI is InChI=1S/C39H29O2/c1(6-16-30-26-36(32-18-8-2-9-19-32)40-37(27-30)33-20-10-3-11-21-33)7-17-31-28-38(34-22-12-4-13-23-34)41-39(29-31)35-24-14-5-15-25-35/h1-29H/q+1. The predicted octanol–water partition coefficient (Wildman–Crippen LogP) is 10.5. The molecule has 1 aromatic heterocycles. The maximum atomic E-state index is 6.30. The van der Waals surface area contributed by atoms with Crippen molar-refractivity contribution in [2.75, 3.05) is 0 Å². The van der Waals surface area contributed by atoms with Gasteiger partial charge in [0, 0.05) is 11.1 Å². The zero-order valence-electron chi connectivity index (χ0n) is 22.6. The summed E-state index contributed by atoms with van der Waals surface area (Å²) in [5.41, 5.74) is 6.30. The molecule has 0 bridgehead atoms. The molecule has 2 heterocycles. The summed E-state index contributed by atoms with van der Waals surface area (Å²) in [6, 6.07) is 44.9. The van der Waals surface area contributed by atoms with Crippen LogP contribution in [0.3, 0.4) is 0 Å². The van der Waals surface area contributed by atoms with Crippen LogP contribution in [0.5, 0.6) is 0 Å². The molecule has 6 rings (SSSR count). The first kappa shape index (κ1) is 25.8. The van der Waals surface area contributed by atoms with Crippen LogP contribution in [0.2, 0.25) is 0 Å². The van der Waals surface area contributed by atoms with Crippen molar-refractivity contribution in [1.82, 2.24) is 0 Å².